The number of hydrogen-bond donors (Lipinski definition) is 1. The summed E-state index contributed by atoms with van der Waals surface area (Å²) in [4.78, 5) is 22.9. The molecule has 1 amide bonds. The first-order valence-electron chi connectivity index (χ1n) is 9.56. The highest BCUT2D eigenvalue weighted by atomic mass is 35.5. The van der Waals surface area contributed by atoms with E-state index in [0.29, 0.717) is 11.6 Å². The summed E-state index contributed by atoms with van der Waals surface area (Å²) in [6.45, 7) is 6.87. The monoisotopic (exact) mass is 446 g/mol. The Hall–Kier alpha value is -1.77. The molecule has 0 aliphatic carbocycles. The van der Waals surface area contributed by atoms with Crippen LogP contribution in [0.4, 0.5) is 5.69 Å². The summed E-state index contributed by atoms with van der Waals surface area (Å²) in [5.74, 6) is -0.00103. The number of thiazole rings is 1. The van der Waals surface area contributed by atoms with Crippen LogP contribution in [0.3, 0.4) is 0 Å². The van der Waals surface area contributed by atoms with E-state index in [1.165, 1.54) is 4.88 Å². The van der Waals surface area contributed by atoms with E-state index in [1.54, 1.807) is 28.7 Å². The summed E-state index contributed by atoms with van der Waals surface area (Å²) in [6.07, 6.45) is 0. The van der Waals surface area contributed by atoms with Crippen LogP contribution in [0.2, 0.25) is 5.02 Å². The van der Waals surface area contributed by atoms with E-state index in [4.69, 9.17) is 16.6 Å². The molecule has 1 N–H and O–H groups in total. The SMILES string of the molecule is Cc1ccc(NC(=O)CN2CCN(Cc3nc(-c4cccs4)cs3)CC2)cc1Cl. The molecule has 3 aromatic rings. The Balaban J connectivity index is 1.23. The zero-order valence-electron chi connectivity index (χ0n) is 16.2. The number of piperazine rings is 1. The van der Waals surface area contributed by atoms with Crippen LogP contribution < -0.4 is 5.32 Å². The Morgan fingerprint density at radius 3 is 2.69 bits per heavy atom. The standard InChI is InChI=1S/C21H23ClN4OS2/c1-15-4-5-16(11-17(15)22)23-20(27)12-25-6-8-26(9-7-25)13-21-24-18(14-29-21)19-3-2-10-28-19/h2-5,10-11,14H,6-9,12-13H2,1H3,(H,23,27). The molecule has 1 aliphatic rings. The number of carbonyl (C=O) groups excluding carboxylic acids is 1. The van der Waals surface area contributed by atoms with Crippen LogP contribution in [-0.4, -0.2) is 53.4 Å². The molecule has 0 spiro atoms. The highest BCUT2D eigenvalue weighted by molar-refractivity contribution is 7.14. The minimum Gasteiger partial charge on any atom is -0.325 e. The van der Waals surface area contributed by atoms with E-state index in [2.05, 4.69) is 38.0 Å². The maximum absolute atomic E-state index is 12.3. The van der Waals surface area contributed by atoms with Crippen molar-refractivity contribution in [3.63, 3.8) is 0 Å². The third-order valence-electron chi connectivity index (χ3n) is 4.97. The summed E-state index contributed by atoms with van der Waals surface area (Å²) in [5.41, 5.74) is 2.82. The van der Waals surface area contributed by atoms with E-state index in [1.807, 2.05) is 19.1 Å². The second kappa shape index (κ2) is 9.36. The van der Waals surface area contributed by atoms with E-state index in [0.717, 1.165) is 54.7 Å². The maximum atomic E-state index is 12.3. The number of aromatic nitrogens is 1. The normalized spacial score (nSPS) is 15.5. The third-order valence-corrected chi connectivity index (χ3v) is 7.11. The molecular weight excluding hydrogens is 424 g/mol. The average Bonchev–Trinajstić information content (AvgIpc) is 3.38. The molecule has 1 aliphatic heterocycles. The van der Waals surface area contributed by atoms with Gasteiger partial charge in [-0.25, -0.2) is 4.98 Å². The minimum atomic E-state index is -0.00103. The van der Waals surface area contributed by atoms with Gasteiger partial charge in [0.25, 0.3) is 0 Å². The predicted octanol–water partition coefficient (Wildman–Crippen LogP) is 4.59. The quantitative estimate of drug-likeness (QED) is 0.601. The van der Waals surface area contributed by atoms with Crippen molar-refractivity contribution >= 4 is 45.9 Å². The maximum Gasteiger partial charge on any atom is 0.238 e. The molecule has 2 aromatic heterocycles. The van der Waals surface area contributed by atoms with Crippen LogP contribution >= 0.6 is 34.3 Å². The Labute approximate surface area is 183 Å². The summed E-state index contributed by atoms with van der Waals surface area (Å²) >= 11 is 9.57. The summed E-state index contributed by atoms with van der Waals surface area (Å²) < 4.78 is 0. The molecule has 0 radical (unpaired) electrons. The number of nitrogens with zero attached hydrogens (tertiary/aromatic N) is 3. The summed E-state index contributed by atoms with van der Waals surface area (Å²) in [5, 5.41) is 8.97. The third kappa shape index (κ3) is 5.43. The van der Waals surface area contributed by atoms with Crippen molar-refractivity contribution in [3.05, 3.63) is 56.7 Å². The zero-order valence-corrected chi connectivity index (χ0v) is 18.6. The molecule has 1 fully saturated rings. The largest absolute Gasteiger partial charge is 0.325 e. The lowest BCUT2D eigenvalue weighted by molar-refractivity contribution is -0.117. The van der Waals surface area contributed by atoms with Gasteiger partial charge in [0.2, 0.25) is 5.91 Å². The number of carbonyl (C=O) groups is 1. The fraction of sp³-hybridized carbons (Fsp3) is 0.333. The van der Waals surface area contributed by atoms with Gasteiger partial charge in [-0.3, -0.25) is 14.6 Å². The first-order valence-corrected chi connectivity index (χ1v) is 11.7. The molecular formula is C21H23ClN4OS2. The lowest BCUT2D eigenvalue weighted by Crippen LogP contribution is -2.48. The van der Waals surface area contributed by atoms with Crippen LogP contribution in [-0.2, 0) is 11.3 Å². The highest BCUT2D eigenvalue weighted by Gasteiger charge is 2.20. The van der Waals surface area contributed by atoms with Gasteiger partial charge in [-0.2, -0.15) is 0 Å². The Morgan fingerprint density at radius 1 is 1.17 bits per heavy atom. The van der Waals surface area contributed by atoms with E-state index in [9.17, 15) is 4.79 Å². The Morgan fingerprint density at radius 2 is 1.97 bits per heavy atom. The molecule has 0 saturated carbocycles. The highest BCUT2D eigenvalue weighted by Crippen LogP contribution is 2.26. The van der Waals surface area contributed by atoms with Crippen LogP contribution in [0.1, 0.15) is 10.6 Å². The van der Waals surface area contributed by atoms with Crippen molar-refractivity contribution in [2.75, 3.05) is 38.0 Å². The number of benzene rings is 1. The molecule has 3 heterocycles. The van der Waals surface area contributed by atoms with Gasteiger partial charge < -0.3 is 5.32 Å². The van der Waals surface area contributed by atoms with Crippen LogP contribution in [0.25, 0.3) is 10.6 Å². The van der Waals surface area contributed by atoms with Crippen molar-refractivity contribution in [2.24, 2.45) is 0 Å². The van der Waals surface area contributed by atoms with Crippen LogP contribution in [0, 0.1) is 6.92 Å². The summed E-state index contributed by atoms with van der Waals surface area (Å²) in [7, 11) is 0. The number of aryl methyl sites for hydroxylation is 1. The van der Waals surface area contributed by atoms with E-state index < -0.39 is 0 Å². The van der Waals surface area contributed by atoms with Crippen LogP contribution in [0.5, 0.6) is 0 Å². The molecule has 0 bridgehead atoms. The number of hydrogen-bond acceptors (Lipinski definition) is 6. The topological polar surface area (TPSA) is 48.5 Å². The average molecular weight is 447 g/mol. The molecule has 4 rings (SSSR count). The molecule has 5 nitrogen and oxygen atoms in total. The van der Waals surface area contributed by atoms with Gasteiger partial charge in [0.15, 0.2) is 0 Å². The van der Waals surface area contributed by atoms with Gasteiger partial charge in [-0.05, 0) is 36.1 Å². The van der Waals surface area contributed by atoms with Gasteiger partial charge in [-0.1, -0.05) is 23.7 Å². The van der Waals surface area contributed by atoms with Crippen molar-refractivity contribution in [2.45, 2.75) is 13.5 Å². The Kier molecular flexibility index (Phi) is 6.62. The van der Waals surface area contributed by atoms with Crippen molar-refractivity contribution in [1.82, 2.24) is 14.8 Å². The van der Waals surface area contributed by atoms with Crippen molar-refractivity contribution < 1.29 is 4.79 Å². The van der Waals surface area contributed by atoms with Gasteiger partial charge >= 0.3 is 0 Å². The lowest BCUT2D eigenvalue weighted by atomic mass is 10.2. The Bertz CT molecular complexity index is 965. The van der Waals surface area contributed by atoms with Crippen LogP contribution in [0.15, 0.2) is 41.1 Å². The van der Waals surface area contributed by atoms with Gasteiger partial charge in [-0.15, -0.1) is 22.7 Å². The van der Waals surface area contributed by atoms with Gasteiger partial charge in [0.1, 0.15) is 5.01 Å². The first kappa shape index (κ1) is 20.5. The molecule has 1 saturated heterocycles. The number of rotatable bonds is 6. The van der Waals surface area contributed by atoms with E-state index >= 15 is 0 Å². The van der Waals surface area contributed by atoms with Crippen molar-refractivity contribution in [3.8, 4) is 10.6 Å². The molecule has 152 valence electrons. The van der Waals surface area contributed by atoms with Gasteiger partial charge in [0, 0.05) is 42.3 Å². The lowest BCUT2D eigenvalue weighted by Gasteiger charge is -2.33. The molecule has 8 heteroatoms. The second-order valence-corrected chi connectivity index (χ2v) is 9.47. The number of halogens is 1. The summed E-state index contributed by atoms with van der Waals surface area (Å²) in [6, 6.07) is 9.76. The first-order chi connectivity index (χ1) is 14.1. The fourth-order valence-electron chi connectivity index (χ4n) is 3.29. The zero-order chi connectivity index (χ0) is 20.2. The molecule has 0 atom stereocenters. The van der Waals surface area contributed by atoms with E-state index in [-0.39, 0.29) is 5.91 Å². The number of anilines is 1. The number of thiophene rings is 1. The smallest absolute Gasteiger partial charge is 0.238 e. The van der Waals surface area contributed by atoms with Gasteiger partial charge in [0.05, 0.1) is 23.7 Å². The molecule has 0 unspecified atom stereocenters. The van der Waals surface area contributed by atoms with Crippen molar-refractivity contribution in [1.29, 1.82) is 0 Å². The predicted molar refractivity (Wildman–Crippen MR) is 122 cm³/mol. The molecule has 1 aromatic carbocycles. The second-order valence-electron chi connectivity index (χ2n) is 7.17. The minimum absolute atomic E-state index is 0.00103. The molecule has 29 heavy (non-hydrogen) atoms. The fourth-order valence-corrected chi connectivity index (χ4v) is 5.07. The number of amides is 1. The number of nitrogens with one attached hydrogen (secondary N) is 1.